The molecule has 0 amide bonds. The van der Waals surface area contributed by atoms with Gasteiger partial charge in [0.15, 0.2) is 0 Å². The van der Waals surface area contributed by atoms with Crippen molar-refractivity contribution in [2.45, 2.75) is 25.0 Å². The number of ether oxygens (including phenoxy) is 1. The topological polar surface area (TPSA) is 9.23 Å². The Bertz CT molecular complexity index is 495. The number of hydrogen-bond donors (Lipinski definition) is 0. The van der Waals surface area contributed by atoms with Gasteiger partial charge in [-0.1, -0.05) is 76.1 Å². The van der Waals surface area contributed by atoms with Gasteiger partial charge in [-0.15, -0.1) is 0 Å². The monoisotopic (exact) mass is 304 g/mol. The van der Waals surface area contributed by atoms with Crippen molar-refractivity contribution in [2.75, 3.05) is 0 Å². The Hall–Kier alpha value is -1.12. The molecule has 0 aromatic heterocycles. The van der Waals surface area contributed by atoms with Crippen LogP contribution in [0.15, 0.2) is 54.6 Å². The van der Waals surface area contributed by atoms with Crippen LogP contribution < -0.4 is 0 Å². The number of benzene rings is 2. The maximum atomic E-state index is 5.99. The Morgan fingerprint density at radius 2 is 1.61 bits per heavy atom. The van der Waals surface area contributed by atoms with Crippen LogP contribution in [0.2, 0.25) is 0 Å². The molecule has 18 heavy (non-hydrogen) atoms. The summed E-state index contributed by atoms with van der Waals surface area (Å²) >= 11 is 3.58. The molecule has 0 aliphatic carbocycles. The molecule has 2 unspecified atom stereocenters. The average Bonchev–Trinajstić information content (AvgIpc) is 2.39. The largest absolute Gasteiger partial charge is 0.355 e. The van der Waals surface area contributed by atoms with E-state index in [0.717, 1.165) is 5.56 Å². The first-order valence-electron chi connectivity index (χ1n) is 6.08. The zero-order valence-corrected chi connectivity index (χ0v) is 12.2. The highest BCUT2D eigenvalue weighted by Gasteiger charge is 2.13. The lowest BCUT2D eigenvalue weighted by Gasteiger charge is -2.19. The van der Waals surface area contributed by atoms with Crippen LogP contribution in [0, 0.1) is 6.92 Å². The van der Waals surface area contributed by atoms with Crippen LogP contribution >= 0.6 is 15.9 Å². The molecule has 0 saturated carbocycles. The van der Waals surface area contributed by atoms with Crippen molar-refractivity contribution in [1.82, 2.24) is 0 Å². The van der Waals surface area contributed by atoms with E-state index in [9.17, 15) is 0 Å². The van der Waals surface area contributed by atoms with Crippen molar-refractivity contribution in [3.8, 4) is 0 Å². The van der Waals surface area contributed by atoms with Gasteiger partial charge in [-0.25, -0.2) is 0 Å². The van der Waals surface area contributed by atoms with Crippen molar-refractivity contribution in [2.24, 2.45) is 0 Å². The molecule has 0 aliphatic heterocycles. The fourth-order valence-electron chi connectivity index (χ4n) is 1.86. The predicted octanol–water partition coefficient (Wildman–Crippen LogP) is 5.17. The first-order chi connectivity index (χ1) is 8.66. The van der Waals surface area contributed by atoms with Gasteiger partial charge in [-0.05, 0) is 25.0 Å². The summed E-state index contributed by atoms with van der Waals surface area (Å²) in [6, 6.07) is 18.6. The molecule has 2 rings (SSSR count). The highest BCUT2D eigenvalue weighted by atomic mass is 79.9. The molecule has 0 bridgehead atoms. The molecule has 0 N–H and O–H groups in total. The second kappa shape index (κ2) is 6.17. The zero-order chi connectivity index (χ0) is 13.0. The first kappa shape index (κ1) is 13.3. The van der Waals surface area contributed by atoms with E-state index >= 15 is 0 Å². The molecule has 0 saturated heterocycles. The average molecular weight is 305 g/mol. The molecule has 0 fully saturated rings. The lowest BCUT2D eigenvalue weighted by molar-refractivity contribution is 0.0500. The molecule has 2 atom stereocenters. The second-order valence-corrected chi connectivity index (χ2v) is 5.25. The lowest BCUT2D eigenvalue weighted by Crippen LogP contribution is -2.03. The maximum Gasteiger partial charge on any atom is 0.138 e. The minimum Gasteiger partial charge on any atom is -0.355 e. The van der Waals surface area contributed by atoms with Crippen LogP contribution in [0.1, 0.15) is 34.7 Å². The molecule has 0 radical (unpaired) electrons. The van der Waals surface area contributed by atoms with Gasteiger partial charge >= 0.3 is 0 Å². The molecule has 2 aromatic carbocycles. The molecule has 0 aliphatic rings. The number of hydrogen-bond acceptors (Lipinski definition) is 1. The van der Waals surface area contributed by atoms with Crippen molar-refractivity contribution in [3.05, 3.63) is 71.3 Å². The Morgan fingerprint density at radius 3 is 2.28 bits per heavy atom. The predicted molar refractivity (Wildman–Crippen MR) is 78.8 cm³/mol. The van der Waals surface area contributed by atoms with E-state index in [0.29, 0.717) is 0 Å². The number of aryl methyl sites for hydroxylation is 1. The van der Waals surface area contributed by atoms with Gasteiger partial charge in [-0.2, -0.15) is 0 Å². The van der Waals surface area contributed by atoms with Crippen molar-refractivity contribution in [3.63, 3.8) is 0 Å². The van der Waals surface area contributed by atoms with Crippen LogP contribution in [0.25, 0.3) is 0 Å². The molecular formula is C16H17BrO. The van der Waals surface area contributed by atoms with Crippen LogP contribution in [-0.2, 0) is 4.74 Å². The van der Waals surface area contributed by atoms with E-state index in [1.54, 1.807) is 0 Å². The molecule has 0 heterocycles. The minimum absolute atomic E-state index is 0.0643. The fourth-order valence-corrected chi connectivity index (χ4v) is 2.49. The van der Waals surface area contributed by atoms with Crippen LogP contribution in [0.5, 0.6) is 0 Å². The van der Waals surface area contributed by atoms with Gasteiger partial charge < -0.3 is 4.74 Å². The maximum absolute atomic E-state index is 5.99. The van der Waals surface area contributed by atoms with Crippen LogP contribution in [0.3, 0.4) is 0 Å². The lowest BCUT2D eigenvalue weighted by atomic mass is 10.1. The van der Waals surface area contributed by atoms with E-state index in [4.69, 9.17) is 4.74 Å². The Morgan fingerprint density at radius 1 is 0.944 bits per heavy atom. The second-order valence-electron chi connectivity index (χ2n) is 4.42. The molecule has 0 spiro atoms. The summed E-state index contributed by atoms with van der Waals surface area (Å²) in [5.41, 5.74) is 3.60. The van der Waals surface area contributed by atoms with Crippen LogP contribution in [-0.4, -0.2) is 0 Å². The van der Waals surface area contributed by atoms with Crippen molar-refractivity contribution < 1.29 is 4.74 Å². The molecule has 2 aromatic rings. The minimum atomic E-state index is -0.0748. The highest BCUT2D eigenvalue weighted by Crippen LogP contribution is 2.30. The summed E-state index contributed by atoms with van der Waals surface area (Å²) in [5.74, 6) is 0. The summed E-state index contributed by atoms with van der Waals surface area (Å²) in [7, 11) is 0. The fraction of sp³-hybridized carbons (Fsp3) is 0.250. The Balaban J connectivity index is 2.05. The van der Waals surface area contributed by atoms with E-state index in [1.807, 2.05) is 18.2 Å². The van der Waals surface area contributed by atoms with Gasteiger partial charge in [0.2, 0.25) is 0 Å². The Labute approximate surface area is 117 Å². The highest BCUT2D eigenvalue weighted by molar-refractivity contribution is 9.09. The molecule has 1 nitrogen and oxygen atoms in total. The normalized spacial score (nSPS) is 14.2. The third-order valence-electron chi connectivity index (χ3n) is 2.90. The molecule has 2 heteroatoms. The zero-order valence-electron chi connectivity index (χ0n) is 10.6. The van der Waals surface area contributed by atoms with E-state index in [-0.39, 0.29) is 11.1 Å². The summed E-state index contributed by atoms with van der Waals surface area (Å²) in [6.07, 6.45) is 0.0643. The van der Waals surface area contributed by atoms with Gasteiger partial charge in [0.25, 0.3) is 0 Å². The summed E-state index contributed by atoms with van der Waals surface area (Å²) < 4.78 is 5.99. The SMILES string of the molecule is Cc1cccc(C(C)OC(Br)c2ccccc2)c1. The summed E-state index contributed by atoms with van der Waals surface area (Å²) in [5, 5.41) is -0.0748. The van der Waals surface area contributed by atoms with Gasteiger partial charge in [0.1, 0.15) is 5.01 Å². The van der Waals surface area contributed by atoms with E-state index in [1.165, 1.54) is 11.1 Å². The first-order valence-corrected chi connectivity index (χ1v) is 6.99. The number of alkyl halides is 1. The van der Waals surface area contributed by atoms with Gasteiger partial charge in [-0.3, -0.25) is 0 Å². The summed E-state index contributed by atoms with van der Waals surface area (Å²) in [6.45, 7) is 4.17. The van der Waals surface area contributed by atoms with E-state index < -0.39 is 0 Å². The van der Waals surface area contributed by atoms with E-state index in [2.05, 4.69) is 66.2 Å². The van der Waals surface area contributed by atoms with Crippen LogP contribution in [0.4, 0.5) is 0 Å². The van der Waals surface area contributed by atoms with Crippen molar-refractivity contribution in [1.29, 1.82) is 0 Å². The Kier molecular flexibility index (Phi) is 4.56. The quantitative estimate of drug-likeness (QED) is 0.708. The summed E-state index contributed by atoms with van der Waals surface area (Å²) in [4.78, 5) is 0. The van der Waals surface area contributed by atoms with Gasteiger partial charge in [0, 0.05) is 0 Å². The number of rotatable bonds is 4. The van der Waals surface area contributed by atoms with Gasteiger partial charge in [0.05, 0.1) is 6.10 Å². The third kappa shape index (κ3) is 3.44. The molecule has 94 valence electrons. The standard InChI is InChI=1S/C16H17BrO/c1-12-7-6-10-15(11-12)13(2)18-16(17)14-8-4-3-5-9-14/h3-11,13,16H,1-2H3. The third-order valence-corrected chi connectivity index (χ3v) is 3.64. The molecular weight excluding hydrogens is 288 g/mol. The number of halogens is 1. The van der Waals surface area contributed by atoms with Crippen molar-refractivity contribution >= 4 is 15.9 Å². The smallest absolute Gasteiger partial charge is 0.138 e.